The van der Waals surface area contributed by atoms with Crippen molar-refractivity contribution < 1.29 is 29.0 Å². The number of aliphatic hydroxyl groups is 1. The number of rotatable bonds is 46. The van der Waals surface area contributed by atoms with Crippen LogP contribution in [0.4, 0.5) is 0 Å². The van der Waals surface area contributed by atoms with Gasteiger partial charge in [0, 0.05) is 20.0 Å². The lowest BCUT2D eigenvalue weighted by molar-refractivity contribution is -0.145. The van der Waals surface area contributed by atoms with Crippen molar-refractivity contribution in [2.24, 2.45) is 17.8 Å². The highest BCUT2D eigenvalue weighted by atomic mass is 16.5. The SMILES string of the molecule is C=O.CCCCCC(CCCCC)CCOC(=O)CCCCCCCCCC(CCCCCCCCCC(=O)OCCC(CCCCC)CCCCC)CCCN1CCCCC1.CO. The van der Waals surface area contributed by atoms with Crippen molar-refractivity contribution in [3.63, 3.8) is 0 Å². The highest BCUT2D eigenvalue weighted by Crippen LogP contribution is 2.26. The van der Waals surface area contributed by atoms with E-state index in [2.05, 4.69) is 32.6 Å². The molecule has 1 heterocycles. The molecule has 0 aromatic carbocycles. The van der Waals surface area contributed by atoms with E-state index in [9.17, 15) is 9.59 Å². The Labute approximate surface area is 399 Å². The fourth-order valence-electron chi connectivity index (χ4n) is 9.81. The summed E-state index contributed by atoms with van der Waals surface area (Å²) >= 11 is 0. The molecule has 0 aromatic heterocycles. The Kier molecular flexibility index (Phi) is 54.7. The maximum atomic E-state index is 12.4. The molecule has 0 radical (unpaired) electrons. The minimum Gasteiger partial charge on any atom is -0.466 e. The lowest BCUT2D eigenvalue weighted by atomic mass is 9.90. The highest BCUT2D eigenvalue weighted by Gasteiger charge is 2.15. The molecule has 0 unspecified atom stereocenters. The maximum absolute atomic E-state index is 12.4. The molecule has 1 aliphatic heterocycles. The van der Waals surface area contributed by atoms with E-state index in [1.807, 2.05) is 6.79 Å². The van der Waals surface area contributed by atoms with Gasteiger partial charge in [-0.05, 0) is 88.8 Å². The Morgan fingerprint density at radius 2 is 0.688 bits per heavy atom. The van der Waals surface area contributed by atoms with Gasteiger partial charge < -0.3 is 24.3 Å². The molecule has 1 saturated heterocycles. The van der Waals surface area contributed by atoms with Crippen molar-refractivity contribution in [1.82, 2.24) is 4.90 Å². The summed E-state index contributed by atoms with van der Waals surface area (Å²) in [5.41, 5.74) is 0. The van der Waals surface area contributed by atoms with Gasteiger partial charge in [-0.2, -0.15) is 0 Å². The second-order valence-electron chi connectivity index (χ2n) is 19.7. The van der Waals surface area contributed by atoms with E-state index >= 15 is 0 Å². The summed E-state index contributed by atoms with van der Waals surface area (Å²) in [6.45, 7) is 16.3. The molecular formula is C57H113NO6. The van der Waals surface area contributed by atoms with Gasteiger partial charge in [0.2, 0.25) is 0 Å². The van der Waals surface area contributed by atoms with E-state index in [4.69, 9.17) is 19.4 Å². The summed E-state index contributed by atoms with van der Waals surface area (Å²) in [5, 5.41) is 7.00. The number of carbonyl (C=O) groups excluding carboxylic acids is 3. The Bertz CT molecular complexity index is 846. The zero-order valence-corrected chi connectivity index (χ0v) is 43.9. The van der Waals surface area contributed by atoms with E-state index in [1.54, 1.807) is 0 Å². The first-order valence-corrected chi connectivity index (χ1v) is 28.3. The molecule has 0 aromatic rings. The molecule has 0 aliphatic carbocycles. The van der Waals surface area contributed by atoms with Crippen LogP contribution in [0.25, 0.3) is 0 Å². The lowest BCUT2D eigenvalue weighted by Crippen LogP contribution is -2.30. The van der Waals surface area contributed by atoms with E-state index in [-0.39, 0.29) is 11.9 Å². The third kappa shape index (κ3) is 45.7. The molecule has 7 nitrogen and oxygen atoms in total. The Hall–Kier alpha value is -1.47. The van der Waals surface area contributed by atoms with E-state index < -0.39 is 0 Å². The minimum atomic E-state index is 0.0286. The summed E-state index contributed by atoms with van der Waals surface area (Å²) in [5.74, 6) is 2.42. The van der Waals surface area contributed by atoms with Gasteiger partial charge in [-0.15, -0.1) is 0 Å². The predicted molar refractivity (Wildman–Crippen MR) is 276 cm³/mol. The van der Waals surface area contributed by atoms with Gasteiger partial charge in [-0.1, -0.05) is 227 Å². The number of esters is 2. The van der Waals surface area contributed by atoms with Crippen LogP contribution in [0.5, 0.6) is 0 Å². The molecule has 0 spiro atoms. The van der Waals surface area contributed by atoms with Gasteiger partial charge in [0.15, 0.2) is 0 Å². The molecule has 7 heteroatoms. The number of piperidine rings is 1. The van der Waals surface area contributed by atoms with Crippen LogP contribution in [0.15, 0.2) is 0 Å². The van der Waals surface area contributed by atoms with E-state index in [0.717, 1.165) is 63.4 Å². The molecule has 382 valence electrons. The normalized spacial score (nSPS) is 12.9. The molecule has 0 saturated carbocycles. The Morgan fingerprint density at radius 1 is 0.406 bits per heavy atom. The van der Waals surface area contributed by atoms with Crippen molar-refractivity contribution in [2.75, 3.05) is 40.0 Å². The van der Waals surface area contributed by atoms with Crippen molar-refractivity contribution in [3.05, 3.63) is 0 Å². The topological polar surface area (TPSA) is 93.1 Å². The van der Waals surface area contributed by atoms with Gasteiger partial charge in [0.05, 0.1) is 13.2 Å². The third-order valence-corrected chi connectivity index (χ3v) is 14.0. The Balaban J connectivity index is 0. The number of hydrogen-bond donors (Lipinski definition) is 1. The maximum Gasteiger partial charge on any atom is 0.305 e. The van der Waals surface area contributed by atoms with Crippen LogP contribution in [0.2, 0.25) is 0 Å². The smallest absolute Gasteiger partial charge is 0.305 e. The van der Waals surface area contributed by atoms with E-state index in [0.29, 0.717) is 26.1 Å². The van der Waals surface area contributed by atoms with Crippen LogP contribution in [0.3, 0.4) is 0 Å². The number of aliphatic hydroxyl groups excluding tert-OH is 1. The van der Waals surface area contributed by atoms with Crippen LogP contribution in [0, 0.1) is 17.8 Å². The molecule has 0 atom stereocenters. The van der Waals surface area contributed by atoms with Crippen LogP contribution in [-0.4, -0.2) is 68.7 Å². The average Bonchev–Trinajstić information content (AvgIpc) is 3.31. The molecule has 1 rings (SSSR count). The summed E-state index contributed by atoms with van der Waals surface area (Å²) in [6.07, 6.45) is 51.7. The lowest BCUT2D eigenvalue weighted by Gasteiger charge is -2.27. The molecule has 64 heavy (non-hydrogen) atoms. The van der Waals surface area contributed by atoms with Gasteiger partial charge in [-0.25, -0.2) is 0 Å². The fourth-order valence-corrected chi connectivity index (χ4v) is 9.81. The number of nitrogens with zero attached hydrogens (tertiary/aromatic N) is 1. The van der Waals surface area contributed by atoms with Crippen molar-refractivity contribution in [2.45, 2.75) is 291 Å². The van der Waals surface area contributed by atoms with Gasteiger partial charge in [-0.3, -0.25) is 9.59 Å². The summed E-state index contributed by atoms with van der Waals surface area (Å²) in [4.78, 5) is 35.5. The van der Waals surface area contributed by atoms with Crippen LogP contribution in [-0.2, 0) is 23.9 Å². The van der Waals surface area contributed by atoms with Crippen LogP contribution >= 0.6 is 0 Å². The number of hydrogen-bond acceptors (Lipinski definition) is 7. The molecule has 0 amide bonds. The highest BCUT2D eigenvalue weighted by molar-refractivity contribution is 5.69. The van der Waals surface area contributed by atoms with Crippen LogP contribution < -0.4 is 0 Å². The van der Waals surface area contributed by atoms with Crippen LogP contribution in [0.1, 0.15) is 291 Å². The minimum absolute atomic E-state index is 0.0286. The van der Waals surface area contributed by atoms with Crippen molar-refractivity contribution in [1.29, 1.82) is 0 Å². The van der Waals surface area contributed by atoms with Crippen molar-refractivity contribution in [3.8, 4) is 0 Å². The molecule has 1 aliphatic rings. The second kappa shape index (κ2) is 54.1. The summed E-state index contributed by atoms with van der Waals surface area (Å²) in [7, 11) is 1.00. The third-order valence-electron chi connectivity index (χ3n) is 14.0. The van der Waals surface area contributed by atoms with E-state index in [1.165, 1.54) is 232 Å². The number of likely N-dealkylation sites (tertiary alicyclic amines) is 1. The largest absolute Gasteiger partial charge is 0.466 e. The summed E-state index contributed by atoms with van der Waals surface area (Å²) < 4.78 is 11.4. The predicted octanol–water partition coefficient (Wildman–Crippen LogP) is 16.7. The zero-order chi connectivity index (χ0) is 47.4. The molecular weight excluding hydrogens is 795 g/mol. The number of ether oxygens (including phenoxy) is 2. The fraction of sp³-hybridized carbons (Fsp3) is 0.947. The summed E-state index contributed by atoms with van der Waals surface area (Å²) in [6, 6.07) is 0. The first kappa shape index (κ1) is 64.6. The average molecular weight is 909 g/mol. The first-order valence-electron chi connectivity index (χ1n) is 28.3. The molecule has 0 bridgehead atoms. The number of unbranched alkanes of at least 4 members (excludes halogenated alkanes) is 20. The second-order valence-corrected chi connectivity index (χ2v) is 19.7. The van der Waals surface area contributed by atoms with Gasteiger partial charge in [0.25, 0.3) is 0 Å². The molecule has 1 N–H and O–H groups in total. The quantitative estimate of drug-likeness (QED) is 0.0480. The van der Waals surface area contributed by atoms with Gasteiger partial charge in [0.1, 0.15) is 6.79 Å². The monoisotopic (exact) mass is 908 g/mol. The standard InChI is InChI=1S/C55H107NO4.CH4O.CH2O/c1-5-9-24-35-52(36-25-10-6-2)44-49-59-54(57)42-30-21-17-13-15-19-28-39-51(41-34-48-56-46-32-23-33-47-56)40-29-20-16-14-18-22-31-43-55(58)60-50-45-53(37-26-11-7-3)38-27-12-8-4;2*1-2/h51-53H,5-50H2,1-4H3;2H,1H3;1H2. The Morgan fingerprint density at radius 3 is 1.03 bits per heavy atom. The number of carbonyl (C=O) groups is 3. The van der Waals surface area contributed by atoms with Crippen molar-refractivity contribution >= 4 is 18.7 Å². The zero-order valence-electron chi connectivity index (χ0n) is 43.9. The first-order chi connectivity index (χ1) is 31.5. The molecule has 1 fully saturated rings. The van der Waals surface area contributed by atoms with Gasteiger partial charge >= 0.3 is 11.9 Å².